The summed E-state index contributed by atoms with van der Waals surface area (Å²) in [6.07, 6.45) is 1.78. The molecular weight excluding hydrogens is 418 g/mol. The van der Waals surface area contributed by atoms with Gasteiger partial charge in [-0.25, -0.2) is 0 Å². The van der Waals surface area contributed by atoms with Gasteiger partial charge in [0.25, 0.3) is 11.5 Å². The normalized spacial score (nSPS) is 12.2. The molecule has 0 aliphatic rings. The summed E-state index contributed by atoms with van der Waals surface area (Å²) in [5, 5.41) is 12.6. The Morgan fingerprint density at radius 1 is 0.969 bits per heavy atom. The standard InChI is InChI=1S/C26H19N3O2S/c1-18-12-14-19(15-13-18)16-23-25(31)29(21-10-6-3-7-11-21)26(32-23)22(17-27)24(30)28-20-8-4-2-5-9-20/h2-16H,1H3,(H,28,30)/b23-16+,26-22-. The SMILES string of the molecule is Cc1ccc(/C=c2/s/c(=C(/C#N)C(=O)Nc3ccccc3)n(-c3ccccc3)c2=O)cc1. The lowest BCUT2D eigenvalue weighted by Crippen LogP contribution is -2.32. The summed E-state index contributed by atoms with van der Waals surface area (Å²) in [5.74, 6) is -0.563. The first kappa shape index (κ1) is 21.0. The van der Waals surface area contributed by atoms with Crippen LogP contribution in [0.3, 0.4) is 0 Å². The van der Waals surface area contributed by atoms with Gasteiger partial charge in [0, 0.05) is 5.69 Å². The molecule has 0 aliphatic carbocycles. The Bertz CT molecular complexity index is 1480. The van der Waals surface area contributed by atoms with E-state index in [9.17, 15) is 14.9 Å². The molecule has 3 aromatic carbocycles. The predicted molar refractivity (Wildman–Crippen MR) is 128 cm³/mol. The van der Waals surface area contributed by atoms with E-state index in [0.717, 1.165) is 22.5 Å². The third kappa shape index (κ3) is 4.43. The molecule has 0 atom stereocenters. The van der Waals surface area contributed by atoms with Gasteiger partial charge in [-0.05, 0) is 42.8 Å². The summed E-state index contributed by atoms with van der Waals surface area (Å²) in [5.41, 5.74) is 2.75. The van der Waals surface area contributed by atoms with Crippen LogP contribution in [-0.2, 0) is 4.79 Å². The highest BCUT2D eigenvalue weighted by Gasteiger charge is 2.17. The number of thiazole rings is 1. The van der Waals surface area contributed by atoms with E-state index in [0.29, 0.717) is 15.9 Å². The highest BCUT2D eigenvalue weighted by atomic mass is 32.1. The number of nitrogens with one attached hydrogen (secondary N) is 1. The molecular formula is C26H19N3O2S. The van der Waals surface area contributed by atoms with Crippen molar-refractivity contribution >= 4 is 34.6 Å². The van der Waals surface area contributed by atoms with E-state index in [-0.39, 0.29) is 15.8 Å². The van der Waals surface area contributed by atoms with Crippen molar-refractivity contribution < 1.29 is 4.79 Å². The molecule has 0 spiro atoms. The number of carbonyl (C=O) groups excluding carboxylic acids is 1. The zero-order chi connectivity index (χ0) is 22.5. The molecule has 6 heteroatoms. The highest BCUT2D eigenvalue weighted by molar-refractivity contribution is 7.07. The van der Waals surface area contributed by atoms with Crippen molar-refractivity contribution in [3.05, 3.63) is 116 Å². The molecule has 0 unspecified atom stereocenters. The second-order valence-corrected chi connectivity index (χ2v) is 8.14. The van der Waals surface area contributed by atoms with E-state index in [2.05, 4.69) is 5.32 Å². The smallest absolute Gasteiger partial charge is 0.273 e. The first-order valence-electron chi connectivity index (χ1n) is 9.93. The monoisotopic (exact) mass is 437 g/mol. The molecule has 0 saturated carbocycles. The maximum atomic E-state index is 13.4. The fourth-order valence-electron chi connectivity index (χ4n) is 3.19. The third-order valence-corrected chi connectivity index (χ3v) is 5.89. The molecule has 0 radical (unpaired) electrons. The quantitative estimate of drug-likeness (QED) is 0.532. The van der Waals surface area contributed by atoms with Crippen LogP contribution in [0.1, 0.15) is 11.1 Å². The number of amides is 1. The lowest BCUT2D eigenvalue weighted by Gasteiger charge is -2.05. The first-order valence-corrected chi connectivity index (χ1v) is 10.7. The Balaban J connectivity index is 1.95. The maximum Gasteiger partial charge on any atom is 0.273 e. The van der Waals surface area contributed by atoms with Crippen LogP contribution in [0.4, 0.5) is 5.69 Å². The van der Waals surface area contributed by atoms with Crippen LogP contribution < -0.4 is 20.1 Å². The number of aryl methyl sites for hydroxylation is 1. The number of nitrogens with zero attached hydrogens (tertiary/aromatic N) is 2. The number of para-hydroxylation sites is 2. The van der Waals surface area contributed by atoms with E-state index in [1.165, 1.54) is 4.57 Å². The van der Waals surface area contributed by atoms with Crippen LogP contribution in [0.25, 0.3) is 17.3 Å². The van der Waals surface area contributed by atoms with Gasteiger partial charge in [0.15, 0.2) is 5.57 Å². The zero-order valence-electron chi connectivity index (χ0n) is 17.3. The largest absolute Gasteiger partial charge is 0.321 e. The molecule has 156 valence electrons. The number of carbonyl (C=O) groups is 1. The van der Waals surface area contributed by atoms with Crippen molar-refractivity contribution in [1.82, 2.24) is 4.57 Å². The summed E-state index contributed by atoms with van der Waals surface area (Å²) in [6, 6.07) is 27.7. The molecule has 32 heavy (non-hydrogen) atoms. The van der Waals surface area contributed by atoms with Crippen molar-refractivity contribution in [1.29, 1.82) is 5.26 Å². The number of anilines is 1. The number of aromatic nitrogens is 1. The van der Waals surface area contributed by atoms with Crippen LogP contribution in [-0.4, -0.2) is 10.5 Å². The molecule has 4 rings (SSSR count). The van der Waals surface area contributed by atoms with Gasteiger partial charge >= 0.3 is 0 Å². The number of benzene rings is 3. The van der Waals surface area contributed by atoms with Crippen molar-refractivity contribution in [2.24, 2.45) is 0 Å². The first-order chi connectivity index (χ1) is 15.6. The Kier molecular flexibility index (Phi) is 6.11. The van der Waals surface area contributed by atoms with Crippen molar-refractivity contribution in [3.63, 3.8) is 0 Å². The minimum absolute atomic E-state index is 0.122. The Morgan fingerprint density at radius 3 is 2.22 bits per heavy atom. The molecule has 5 nitrogen and oxygen atoms in total. The second kappa shape index (κ2) is 9.29. The average molecular weight is 438 g/mol. The predicted octanol–water partition coefficient (Wildman–Crippen LogP) is 3.35. The highest BCUT2D eigenvalue weighted by Crippen LogP contribution is 2.09. The Hall–Kier alpha value is -4.21. The van der Waals surface area contributed by atoms with Crippen LogP contribution in [0.5, 0.6) is 0 Å². The number of hydrogen-bond donors (Lipinski definition) is 1. The van der Waals surface area contributed by atoms with Gasteiger partial charge in [0.05, 0.1) is 10.2 Å². The second-order valence-electron chi connectivity index (χ2n) is 7.11. The number of hydrogen-bond acceptors (Lipinski definition) is 4. The Labute approximate surface area is 188 Å². The molecule has 1 N–H and O–H groups in total. The van der Waals surface area contributed by atoms with Crippen molar-refractivity contribution in [2.45, 2.75) is 6.92 Å². The average Bonchev–Trinajstić information content (AvgIpc) is 3.12. The summed E-state index contributed by atoms with van der Waals surface area (Å²) in [6.45, 7) is 1.99. The lowest BCUT2D eigenvalue weighted by molar-refractivity contribution is -0.111. The van der Waals surface area contributed by atoms with Gasteiger partial charge in [0.1, 0.15) is 10.7 Å². The molecule has 0 saturated heterocycles. The summed E-state index contributed by atoms with van der Waals surface area (Å²) in [4.78, 5) is 26.3. The van der Waals surface area contributed by atoms with Gasteiger partial charge in [-0.15, -0.1) is 11.3 Å². The van der Waals surface area contributed by atoms with Crippen LogP contribution in [0.2, 0.25) is 0 Å². The van der Waals surface area contributed by atoms with Gasteiger partial charge < -0.3 is 5.32 Å². The van der Waals surface area contributed by atoms with Crippen LogP contribution >= 0.6 is 11.3 Å². The van der Waals surface area contributed by atoms with Gasteiger partial charge in [-0.3, -0.25) is 14.2 Å². The minimum Gasteiger partial charge on any atom is -0.321 e. The molecule has 1 heterocycles. The lowest BCUT2D eigenvalue weighted by atomic mass is 10.1. The topological polar surface area (TPSA) is 74.9 Å². The molecule has 0 fully saturated rings. The molecule has 1 amide bonds. The van der Waals surface area contributed by atoms with E-state index < -0.39 is 5.91 Å². The van der Waals surface area contributed by atoms with Crippen molar-refractivity contribution in [3.8, 4) is 11.8 Å². The van der Waals surface area contributed by atoms with Crippen LogP contribution in [0, 0.1) is 18.3 Å². The Morgan fingerprint density at radius 2 is 1.59 bits per heavy atom. The number of rotatable bonds is 4. The van der Waals surface area contributed by atoms with E-state index in [1.807, 2.05) is 61.5 Å². The third-order valence-electron chi connectivity index (χ3n) is 4.80. The van der Waals surface area contributed by atoms with Gasteiger partial charge in [-0.2, -0.15) is 5.26 Å². The fourth-order valence-corrected chi connectivity index (χ4v) is 4.29. The van der Waals surface area contributed by atoms with Gasteiger partial charge in [0.2, 0.25) is 0 Å². The van der Waals surface area contributed by atoms with E-state index in [4.69, 9.17) is 0 Å². The summed E-state index contributed by atoms with van der Waals surface area (Å²) >= 11 is 1.13. The zero-order valence-corrected chi connectivity index (χ0v) is 18.1. The summed E-state index contributed by atoms with van der Waals surface area (Å²) in [7, 11) is 0. The summed E-state index contributed by atoms with van der Waals surface area (Å²) < 4.78 is 2.15. The molecule has 0 bridgehead atoms. The molecule has 0 aliphatic heterocycles. The van der Waals surface area contributed by atoms with E-state index in [1.54, 1.807) is 42.5 Å². The van der Waals surface area contributed by atoms with E-state index >= 15 is 0 Å². The minimum atomic E-state index is -0.563. The van der Waals surface area contributed by atoms with Gasteiger partial charge in [-0.1, -0.05) is 66.2 Å². The molecule has 1 aromatic heterocycles. The molecule has 4 aromatic rings. The number of nitriles is 1. The maximum absolute atomic E-state index is 13.4. The van der Waals surface area contributed by atoms with Crippen molar-refractivity contribution in [2.75, 3.05) is 5.32 Å². The van der Waals surface area contributed by atoms with Crippen LogP contribution in [0.15, 0.2) is 89.7 Å². The fraction of sp³-hybridized carbons (Fsp3) is 0.0385.